The number of Topliss-reactive ketones (excluding diaryl/α,β-unsaturated/α-hetero) is 1. The number of halogens is 1. The van der Waals surface area contributed by atoms with Gasteiger partial charge in [-0.3, -0.25) is 19.9 Å². The number of carboxylic acid groups (broad SMARTS) is 1. The number of hydrogen-bond donors (Lipinski definition) is 3. The van der Waals surface area contributed by atoms with E-state index in [2.05, 4.69) is 4.74 Å². The van der Waals surface area contributed by atoms with Gasteiger partial charge >= 0.3 is 12.1 Å². The second kappa shape index (κ2) is 12.4. The highest BCUT2D eigenvalue weighted by Gasteiger charge is 2.34. The van der Waals surface area contributed by atoms with Crippen molar-refractivity contribution in [2.24, 2.45) is 0 Å². The number of amides is 1. The highest BCUT2D eigenvalue weighted by Crippen LogP contribution is 2.39. The number of ether oxygens (including phenoxy) is 3. The van der Waals surface area contributed by atoms with Gasteiger partial charge in [-0.2, -0.15) is 0 Å². The van der Waals surface area contributed by atoms with Crippen molar-refractivity contribution in [1.82, 2.24) is 9.80 Å². The fourth-order valence-electron chi connectivity index (χ4n) is 4.65. The van der Waals surface area contributed by atoms with Crippen LogP contribution in [0.1, 0.15) is 67.2 Å². The lowest BCUT2D eigenvalue weighted by atomic mass is 9.83. The number of methoxy groups -OCH3 is 1. The molecule has 0 aromatic heterocycles. The van der Waals surface area contributed by atoms with Gasteiger partial charge < -0.3 is 29.3 Å². The summed E-state index contributed by atoms with van der Waals surface area (Å²) >= 11 is 0. The van der Waals surface area contributed by atoms with E-state index in [9.17, 15) is 24.6 Å². The van der Waals surface area contributed by atoms with Crippen LogP contribution in [-0.2, 0) is 28.0 Å². The minimum Gasteiger partial charge on any atom is -0.507 e. The average Bonchev–Trinajstić information content (AvgIpc) is 3.20. The summed E-state index contributed by atoms with van der Waals surface area (Å²) in [5.74, 6) is -2.64. The molecule has 1 amide bonds. The van der Waals surface area contributed by atoms with Gasteiger partial charge in [-0.25, -0.2) is 9.18 Å². The van der Waals surface area contributed by atoms with Crippen molar-refractivity contribution in [2.75, 3.05) is 33.4 Å². The number of rotatable bonds is 11. The number of amidine groups is 1. The van der Waals surface area contributed by atoms with Gasteiger partial charge in [0, 0.05) is 23.2 Å². The van der Waals surface area contributed by atoms with Crippen molar-refractivity contribution in [3.05, 3.63) is 51.8 Å². The van der Waals surface area contributed by atoms with E-state index in [1.807, 2.05) is 20.8 Å². The molecule has 0 radical (unpaired) electrons. The summed E-state index contributed by atoms with van der Waals surface area (Å²) in [5.41, 5.74) is 0.638. The third-order valence-corrected chi connectivity index (χ3v) is 6.55. The first-order valence-corrected chi connectivity index (χ1v) is 13.1. The van der Waals surface area contributed by atoms with Crippen LogP contribution in [0.25, 0.3) is 0 Å². The van der Waals surface area contributed by atoms with Crippen LogP contribution in [0.15, 0.2) is 18.2 Å². The van der Waals surface area contributed by atoms with Crippen LogP contribution in [0.5, 0.6) is 17.2 Å². The molecule has 11 nitrogen and oxygen atoms in total. The topological polar surface area (TPSA) is 150 Å². The Hall–Kier alpha value is -4.35. The molecule has 0 saturated carbocycles. The van der Waals surface area contributed by atoms with Crippen molar-refractivity contribution in [3.63, 3.8) is 0 Å². The Morgan fingerprint density at radius 1 is 1.12 bits per heavy atom. The van der Waals surface area contributed by atoms with Crippen molar-refractivity contribution in [3.8, 4) is 17.2 Å². The first kappa shape index (κ1) is 31.2. The number of carbonyl (C=O) groups excluding carboxylic acids is 2. The number of ketones is 1. The Balaban J connectivity index is 1.97. The Morgan fingerprint density at radius 3 is 2.34 bits per heavy atom. The minimum absolute atomic E-state index is 0.0360. The zero-order valence-corrected chi connectivity index (χ0v) is 24.1. The Kier molecular flexibility index (Phi) is 9.46. The number of carboxylic acids is 1. The first-order valence-electron chi connectivity index (χ1n) is 13.1. The Bertz CT molecular complexity index is 1370. The number of carbonyl (C=O) groups is 3. The molecule has 222 valence electrons. The van der Waals surface area contributed by atoms with Gasteiger partial charge in [-0.15, -0.1) is 0 Å². The lowest BCUT2D eigenvalue weighted by Gasteiger charge is -2.26. The van der Waals surface area contributed by atoms with Crippen LogP contribution in [0.3, 0.4) is 0 Å². The predicted octanol–water partition coefficient (Wildman–Crippen LogP) is 4.30. The second-order valence-electron chi connectivity index (χ2n) is 10.5. The van der Waals surface area contributed by atoms with E-state index in [0.717, 1.165) is 12.0 Å². The number of aromatic hydroxyl groups is 1. The number of aliphatic carboxylic acids is 1. The van der Waals surface area contributed by atoms with Crippen LogP contribution in [0.2, 0.25) is 0 Å². The standard InChI is InChI=1S/C29H36FN3O8/c1-7-40-21-11-17-12-32(27(31)23(17)24(30)26(21)41-8-2)14-20(34)16-9-18(25(37)19(10-16)29(3,4)5)13-33(15-22(35)36)28(38)39-6/h9-11,31,37H,7-8,12-15H2,1-6H3,(H,35,36). The number of nitrogens with one attached hydrogen (secondary N) is 1. The van der Waals surface area contributed by atoms with Crippen molar-refractivity contribution in [1.29, 1.82) is 5.41 Å². The number of benzene rings is 2. The molecule has 3 rings (SSSR count). The van der Waals surface area contributed by atoms with Crippen LogP contribution in [0.4, 0.5) is 9.18 Å². The largest absolute Gasteiger partial charge is 0.507 e. The van der Waals surface area contributed by atoms with Crippen molar-refractivity contribution in [2.45, 2.75) is 53.1 Å². The number of phenolic OH excluding ortho intramolecular Hbond substituents is 1. The number of fused-ring (bicyclic) bond motifs is 1. The smallest absolute Gasteiger partial charge is 0.410 e. The third kappa shape index (κ3) is 6.69. The predicted molar refractivity (Wildman–Crippen MR) is 148 cm³/mol. The molecule has 41 heavy (non-hydrogen) atoms. The zero-order valence-electron chi connectivity index (χ0n) is 24.1. The van der Waals surface area contributed by atoms with Crippen molar-refractivity contribution < 1.29 is 43.2 Å². The lowest BCUT2D eigenvalue weighted by Crippen LogP contribution is -2.35. The van der Waals surface area contributed by atoms with Gasteiger partial charge in [-0.05, 0) is 43.0 Å². The summed E-state index contributed by atoms with van der Waals surface area (Å²) in [6.07, 6.45) is -0.913. The zero-order chi connectivity index (χ0) is 30.6. The first-order chi connectivity index (χ1) is 19.2. The van der Waals surface area contributed by atoms with Gasteiger partial charge in [-0.1, -0.05) is 20.8 Å². The monoisotopic (exact) mass is 573 g/mol. The molecule has 0 spiro atoms. The second-order valence-corrected chi connectivity index (χ2v) is 10.5. The van der Waals surface area contributed by atoms with Gasteiger partial charge in [0.1, 0.15) is 18.1 Å². The van der Waals surface area contributed by atoms with Crippen LogP contribution < -0.4 is 9.47 Å². The van der Waals surface area contributed by atoms with Crippen LogP contribution in [0, 0.1) is 11.2 Å². The number of phenols is 1. The van der Waals surface area contributed by atoms with Gasteiger partial charge in [0.2, 0.25) is 0 Å². The molecular formula is C29H36FN3O8. The highest BCUT2D eigenvalue weighted by molar-refractivity contribution is 6.06. The van der Waals surface area contributed by atoms with Gasteiger partial charge in [0.15, 0.2) is 23.1 Å². The molecule has 0 bridgehead atoms. The van der Waals surface area contributed by atoms with E-state index in [1.165, 1.54) is 17.0 Å². The van der Waals surface area contributed by atoms with Crippen LogP contribution in [-0.4, -0.2) is 77.1 Å². The van der Waals surface area contributed by atoms with Crippen molar-refractivity contribution >= 4 is 23.7 Å². The maximum Gasteiger partial charge on any atom is 0.410 e. The molecule has 3 N–H and O–H groups in total. The van der Waals surface area contributed by atoms with Gasteiger partial charge in [0.25, 0.3) is 0 Å². The number of hydrogen-bond acceptors (Lipinski definition) is 8. The SMILES string of the molecule is CCOc1cc2c(c(F)c1OCC)C(=N)N(CC(=O)c1cc(CN(CC(=O)O)C(=O)OC)c(O)c(C(C)(C)C)c1)C2. The van der Waals surface area contributed by atoms with E-state index < -0.39 is 35.6 Å². The molecule has 2 aromatic carbocycles. The normalized spacial score (nSPS) is 12.7. The summed E-state index contributed by atoms with van der Waals surface area (Å²) < 4.78 is 31.1. The van der Waals surface area contributed by atoms with E-state index in [4.69, 9.17) is 14.9 Å². The molecule has 1 aliphatic heterocycles. The fraction of sp³-hybridized carbons (Fsp3) is 0.448. The van der Waals surface area contributed by atoms with Gasteiger partial charge in [0.05, 0.1) is 39.0 Å². The molecule has 0 saturated heterocycles. The Morgan fingerprint density at radius 2 is 1.78 bits per heavy atom. The molecule has 12 heteroatoms. The molecule has 0 atom stereocenters. The summed E-state index contributed by atoms with van der Waals surface area (Å²) in [7, 11) is 1.11. The molecule has 0 aliphatic carbocycles. The quantitative estimate of drug-likeness (QED) is 0.334. The van der Waals surface area contributed by atoms with Crippen LogP contribution >= 0.6 is 0 Å². The number of nitrogens with zero attached hydrogens (tertiary/aromatic N) is 2. The average molecular weight is 574 g/mol. The van der Waals surface area contributed by atoms with E-state index in [1.54, 1.807) is 19.9 Å². The highest BCUT2D eigenvalue weighted by atomic mass is 19.1. The maximum atomic E-state index is 15.4. The lowest BCUT2D eigenvalue weighted by molar-refractivity contribution is -0.138. The molecule has 2 aromatic rings. The van der Waals surface area contributed by atoms with E-state index in [-0.39, 0.29) is 72.6 Å². The van der Waals surface area contributed by atoms with E-state index in [0.29, 0.717) is 11.1 Å². The summed E-state index contributed by atoms with van der Waals surface area (Å²) in [6, 6.07) is 4.54. The summed E-state index contributed by atoms with van der Waals surface area (Å²) in [6.45, 7) is 8.26. The summed E-state index contributed by atoms with van der Waals surface area (Å²) in [5, 5.41) is 28.9. The molecular weight excluding hydrogens is 537 g/mol. The molecule has 1 heterocycles. The molecule has 1 aliphatic rings. The summed E-state index contributed by atoms with van der Waals surface area (Å²) in [4.78, 5) is 39.4. The Labute approximate surface area is 237 Å². The molecule has 0 unspecified atom stereocenters. The maximum absolute atomic E-state index is 15.4. The third-order valence-electron chi connectivity index (χ3n) is 6.55. The minimum atomic E-state index is -1.28. The molecule has 0 fully saturated rings. The van der Waals surface area contributed by atoms with E-state index >= 15 is 4.39 Å². The fourth-order valence-corrected chi connectivity index (χ4v) is 4.65.